The zero-order chi connectivity index (χ0) is 17.3. The molecule has 0 N–H and O–H groups in total. The highest BCUT2D eigenvalue weighted by Gasteiger charge is 2.43. The number of urea groups is 1. The number of hydrogen-bond donors (Lipinski definition) is 0. The third-order valence-corrected chi connectivity index (χ3v) is 4.25. The van der Waals surface area contributed by atoms with Crippen LogP contribution in [0.2, 0.25) is 0 Å². The molecular formula is C17H17N3O4. The summed E-state index contributed by atoms with van der Waals surface area (Å²) in [5.41, 5.74) is 2.30. The summed E-state index contributed by atoms with van der Waals surface area (Å²) < 4.78 is 0. The smallest absolute Gasteiger partial charge is 0.334 e. The number of rotatable bonds is 3. The third kappa shape index (κ3) is 2.80. The van der Waals surface area contributed by atoms with Crippen molar-refractivity contribution in [2.75, 3.05) is 26.7 Å². The normalized spacial score (nSPS) is 18.3. The summed E-state index contributed by atoms with van der Waals surface area (Å²) in [6.07, 6.45) is 2.68. The lowest BCUT2D eigenvalue weighted by Crippen LogP contribution is -2.44. The van der Waals surface area contributed by atoms with Gasteiger partial charge in [-0.2, -0.15) is 0 Å². The molecule has 24 heavy (non-hydrogen) atoms. The van der Waals surface area contributed by atoms with Crippen molar-refractivity contribution in [2.45, 2.75) is 6.42 Å². The first-order valence-corrected chi connectivity index (χ1v) is 7.65. The quantitative estimate of drug-likeness (QED) is 0.605. The summed E-state index contributed by atoms with van der Waals surface area (Å²) in [5.74, 6) is -2.20. The van der Waals surface area contributed by atoms with Gasteiger partial charge >= 0.3 is 17.8 Å². The number of benzene rings is 1. The van der Waals surface area contributed by atoms with Crippen LogP contribution in [0.15, 0.2) is 36.4 Å². The zero-order valence-electron chi connectivity index (χ0n) is 13.3. The molecule has 124 valence electrons. The Bertz CT molecular complexity index is 741. The molecular weight excluding hydrogens is 310 g/mol. The molecule has 1 saturated heterocycles. The summed E-state index contributed by atoms with van der Waals surface area (Å²) in [7, 11) is 1.23. The van der Waals surface area contributed by atoms with E-state index in [-0.39, 0.29) is 5.91 Å². The van der Waals surface area contributed by atoms with Crippen LogP contribution in [-0.2, 0) is 14.4 Å². The average molecular weight is 327 g/mol. The number of carbonyl (C=O) groups excluding carboxylic acids is 4. The van der Waals surface area contributed by atoms with Crippen LogP contribution in [-0.4, -0.2) is 65.1 Å². The second-order valence-electron chi connectivity index (χ2n) is 5.72. The molecule has 0 saturated carbocycles. The maximum absolute atomic E-state index is 12.3. The molecule has 2 aliphatic heterocycles. The van der Waals surface area contributed by atoms with Gasteiger partial charge in [0.05, 0.1) is 0 Å². The van der Waals surface area contributed by atoms with Crippen LogP contribution in [0.4, 0.5) is 4.79 Å². The zero-order valence-corrected chi connectivity index (χ0v) is 13.3. The van der Waals surface area contributed by atoms with Crippen molar-refractivity contribution in [3.05, 3.63) is 42.0 Å². The molecule has 3 rings (SSSR count). The lowest BCUT2D eigenvalue weighted by atomic mass is 9.99. The van der Waals surface area contributed by atoms with Crippen molar-refractivity contribution < 1.29 is 19.2 Å². The van der Waals surface area contributed by atoms with Gasteiger partial charge in [0.1, 0.15) is 6.54 Å². The first kappa shape index (κ1) is 15.9. The molecule has 0 spiro atoms. The molecule has 1 aromatic carbocycles. The van der Waals surface area contributed by atoms with E-state index in [9.17, 15) is 19.2 Å². The molecule has 7 heteroatoms. The number of likely N-dealkylation sites (N-methyl/N-ethyl adjacent to an activating group) is 1. The fourth-order valence-electron chi connectivity index (χ4n) is 2.80. The Morgan fingerprint density at radius 3 is 2.33 bits per heavy atom. The largest absolute Gasteiger partial charge is 0.337 e. The average Bonchev–Trinajstić information content (AvgIpc) is 2.80. The maximum atomic E-state index is 12.3. The van der Waals surface area contributed by atoms with Gasteiger partial charge in [0.25, 0.3) is 0 Å². The number of nitrogens with zero attached hydrogens (tertiary/aromatic N) is 3. The highest BCUT2D eigenvalue weighted by atomic mass is 16.2. The van der Waals surface area contributed by atoms with Crippen LogP contribution in [0.3, 0.4) is 0 Å². The fourth-order valence-corrected chi connectivity index (χ4v) is 2.80. The highest BCUT2D eigenvalue weighted by molar-refractivity contribution is 6.44. The van der Waals surface area contributed by atoms with E-state index < -0.39 is 24.4 Å². The Kier molecular flexibility index (Phi) is 4.16. The van der Waals surface area contributed by atoms with E-state index in [1.807, 2.05) is 36.4 Å². The summed E-state index contributed by atoms with van der Waals surface area (Å²) in [6, 6.07) is 9.16. The standard InChI is InChI=1S/C17H17N3O4/c1-18-15(22)16(23)20(17(18)24)11-14(21)19-9-7-13(8-10-19)12-5-3-2-4-6-12/h2-7H,8-11H2,1H3. The first-order valence-electron chi connectivity index (χ1n) is 7.65. The summed E-state index contributed by atoms with van der Waals surface area (Å²) in [6.45, 7) is 0.533. The van der Waals surface area contributed by atoms with E-state index in [0.717, 1.165) is 10.5 Å². The molecule has 0 bridgehead atoms. The minimum atomic E-state index is -0.951. The van der Waals surface area contributed by atoms with Gasteiger partial charge in [0.15, 0.2) is 0 Å². The third-order valence-electron chi connectivity index (χ3n) is 4.25. The lowest BCUT2D eigenvalue weighted by molar-refractivity contribution is -0.144. The second-order valence-corrected chi connectivity index (χ2v) is 5.72. The minimum absolute atomic E-state index is 0.344. The summed E-state index contributed by atoms with van der Waals surface area (Å²) in [4.78, 5) is 50.3. The van der Waals surface area contributed by atoms with Crippen molar-refractivity contribution in [1.29, 1.82) is 0 Å². The van der Waals surface area contributed by atoms with E-state index >= 15 is 0 Å². The van der Waals surface area contributed by atoms with Crippen LogP contribution in [0, 0.1) is 0 Å². The van der Waals surface area contributed by atoms with E-state index in [0.29, 0.717) is 24.4 Å². The predicted octanol–water partition coefficient (Wildman–Crippen LogP) is 0.723. The van der Waals surface area contributed by atoms with E-state index in [1.54, 1.807) is 4.90 Å². The minimum Gasteiger partial charge on any atom is -0.337 e. The molecule has 1 fully saturated rings. The Morgan fingerprint density at radius 2 is 1.79 bits per heavy atom. The van der Waals surface area contributed by atoms with Crippen molar-refractivity contribution >= 4 is 29.3 Å². The van der Waals surface area contributed by atoms with Crippen LogP contribution in [0.5, 0.6) is 0 Å². The van der Waals surface area contributed by atoms with Crippen LogP contribution in [0.1, 0.15) is 12.0 Å². The lowest BCUT2D eigenvalue weighted by Gasteiger charge is -2.27. The van der Waals surface area contributed by atoms with Crippen molar-refractivity contribution in [1.82, 2.24) is 14.7 Å². The van der Waals surface area contributed by atoms with Gasteiger partial charge in [-0.1, -0.05) is 36.4 Å². The van der Waals surface area contributed by atoms with Crippen molar-refractivity contribution in [3.63, 3.8) is 0 Å². The number of carbonyl (C=O) groups is 4. The van der Waals surface area contributed by atoms with Crippen molar-refractivity contribution in [3.8, 4) is 0 Å². The van der Waals surface area contributed by atoms with Crippen LogP contribution in [0.25, 0.3) is 5.57 Å². The molecule has 5 amide bonds. The molecule has 2 aliphatic rings. The Balaban J connectivity index is 1.64. The summed E-state index contributed by atoms with van der Waals surface area (Å²) >= 11 is 0. The molecule has 0 aliphatic carbocycles. The van der Waals surface area contributed by atoms with Gasteiger partial charge in [0, 0.05) is 20.1 Å². The van der Waals surface area contributed by atoms with Gasteiger partial charge < -0.3 is 4.90 Å². The highest BCUT2D eigenvalue weighted by Crippen LogP contribution is 2.22. The van der Waals surface area contributed by atoms with E-state index in [4.69, 9.17) is 0 Å². The molecule has 0 aromatic heterocycles. The molecule has 0 radical (unpaired) electrons. The number of hydrogen-bond acceptors (Lipinski definition) is 4. The molecule has 0 atom stereocenters. The summed E-state index contributed by atoms with van der Waals surface area (Å²) in [5, 5.41) is 0. The number of amides is 5. The molecule has 0 unspecified atom stereocenters. The van der Waals surface area contributed by atoms with Crippen LogP contribution >= 0.6 is 0 Å². The maximum Gasteiger partial charge on any atom is 0.334 e. The first-order chi connectivity index (χ1) is 11.5. The van der Waals surface area contributed by atoms with Crippen LogP contribution < -0.4 is 0 Å². The Hall–Kier alpha value is -2.96. The van der Waals surface area contributed by atoms with E-state index in [1.165, 1.54) is 12.6 Å². The Labute approximate surface area is 139 Å². The van der Waals surface area contributed by atoms with Gasteiger partial charge in [-0.25, -0.2) is 9.69 Å². The van der Waals surface area contributed by atoms with Crippen molar-refractivity contribution in [2.24, 2.45) is 0 Å². The number of imide groups is 2. The van der Waals surface area contributed by atoms with E-state index in [2.05, 4.69) is 0 Å². The predicted molar refractivity (Wildman–Crippen MR) is 85.5 cm³/mol. The van der Waals surface area contributed by atoms with Gasteiger partial charge in [-0.15, -0.1) is 0 Å². The fraction of sp³-hybridized carbons (Fsp3) is 0.294. The monoisotopic (exact) mass is 327 g/mol. The molecule has 7 nitrogen and oxygen atoms in total. The molecule has 2 heterocycles. The van der Waals surface area contributed by atoms with Gasteiger partial charge in [-0.3, -0.25) is 19.3 Å². The van der Waals surface area contributed by atoms with Gasteiger partial charge in [-0.05, 0) is 17.6 Å². The second kappa shape index (κ2) is 6.27. The molecule has 1 aromatic rings. The van der Waals surface area contributed by atoms with Gasteiger partial charge in [0.2, 0.25) is 5.91 Å². The Morgan fingerprint density at radius 1 is 1.08 bits per heavy atom. The topological polar surface area (TPSA) is 78.0 Å². The SMILES string of the molecule is CN1C(=O)C(=O)N(CC(=O)N2CC=C(c3ccccc3)CC2)C1=O.